The molecule has 2 heterocycles. The fourth-order valence-corrected chi connectivity index (χ4v) is 4.44. The Kier molecular flexibility index (Phi) is 8.29. The van der Waals surface area contributed by atoms with Gasteiger partial charge in [0, 0.05) is 25.3 Å². The fourth-order valence-electron chi connectivity index (χ4n) is 4.44. The fraction of sp³-hybridized carbons (Fsp3) is 0.520. The average molecular weight is 426 g/mol. The molecular weight excluding hydrogens is 390 g/mol. The molecule has 1 N–H and O–H groups in total. The first kappa shape index (κ1) is 23.1. The Bertz CT molecular complexity index is 876. The number of aromatic amines is 1. The molecule has 0 aliphatic carbocycles. The van der Waals surface area contributed by atoms with Gasteiger partial charge in [-0.2, -0.15) is 0 Å². The summed E-state index contributed by atoms with van der Waals surface area (Å²) in [5.41, 5.74) is 3.94. The minimum atomic E-state index is -0.378. The van der Waals surface area contributed by atoms with Crippen LogP contribution >= 0.6 is 0 Å². The van der Waals surface area contributed by atoms with Crippen molar-refractivity contribution >= 4 is 11.9 Å². The number of hydrogen-bond acceptors (Lipinski definition) is 4. The van der Waals surface area contributed by atoms with Gasteiger partial charge < -0.3 is 19.5 Å². The zero-order chi connectivity index (χ0) is 22.2. The second kappa shape index (κ2) is 11.1. The van der Waals surface area contributed by atoms with Gasteiger partial charge in [-0.25, -0.2) is 4.79 Å². The molecule has 0 saturated carbocycles. The van der Waals surface area contributed by atoms with Gasteiger partial charge in [-0.1, -0.05) is 43.7 Å². The van der Waals surface area contributed by atoms with Crippen LogP contribution in [-0.2, 0) is 17.6 Å². The first-order valence-corrected chi connectivity index (χ1v) is 11.4. The van der Waals surface area contributed by atoms with Gasteiger partial charge in [0.15, 0.2) is 0 Å². The summed E-state index contributed by atoms with van der Waals surface area (Å²) >= 11 is 0. The molecule has 3 rings (SSSR count). The first-order chi connectivity index (χ1) is 15.0. The Morgan fingerprint density at radius 1 is 1.06 bits per heavy atom. The highest BCUT2D eigenvalue weighted by molar-refractivity contribution is 6.00. The van der Waals surface area contributed by atoms with Crippen LogP contribution in [0, 0.1) is 6.92 Å². The number of aryl methyl sites for hydroxylation is 2. The van der Waals surface area contributed by atoms with Gasteiger partial charge in [-0.15, -0.1) is 0 Å². The van der Waals surface area contributed by atoms with E-state index < -0.39 is 0 Å². The summed E-state index contributed by atoms with van der Waals surface area (Å²) in [6, 6.07) is 10.6. The highest BCUT2D eigenvalue weighted by Gasteiger charge is 2.28. The van der Waals surface area contributed by atoms with Crippen LogP contribution in [0.25, 0.3) is 0 Å². The van der Waals surface area contributed by atoms with E-state index in [1.807, 2.05) is 11.8 Å². The van der Waals surface area contributed by atoms with E-state index in [9.17, 15) is 9.59 Å². The van der Waals surface area contributed by atoms with Crippen molar-refractivity contribution in [1.29, 1.82) is 0 Å². The molecular formula is C25H35N3O3. The van der Waals surface area contributed by atoms with Crippen molar-refractivity contribution in [3.05, 3.63) is 58.4 Å². The number of nitrogens with zero attached hydrogens (tertiary/aromatic N) is 2. The minimum Gasteiger partial charge on any atom is -0.465 e. The van der Waals surface area contributed by atoms with Crippen LogP contribution < -0.4 is 0 Å². The molecule has 1 aromatic carbocycles. The maximum absolute atomic E-state index is 13.4. The third-order valence-electron chi connectivity index (χ3n) is 6.05. The number of methoxy groups -OCH3 is 1. The van der Waals surface area contributed by atoms with Gasteiger partial charge >= 0.3 is 5.97 Å². The molecule has 0 bridgehead atoms. The van der Waals surface area contributed by atoms with Crippen LogP contribution in [-0.4, -0.2) is 66.5 Å². The largest absolute Gasteiger partial charge is 0.465 e. The van der Waals surface area contributed by atoms with Gasteiger partial charge in [0.2, 0.25) is 0 Å². The number of carbonyl (C=O) groups is 2. The molecule has 1 aromatic heterocycles. The summed E-state index contributed by atoms with van der Waals surface area (Å²) in [5, 5.41) is 0. The normalized spacial score (nSPS) is 15.0. The van der Waals surface area contributed by atoms with Crippen LogP contribution in [0.1, 0.15) is 63.9 Å². The molecule has 31 heavy (non-hydrogen) atoms. The highest BCUT2D eigenvalue weighted by Crippen LogP contribution is 2.23. The van der Waals surface area contributed by atoms with Crippen molar-refractivity contribution < 1.29 is 14.3 Å². The van der Waals surface area contributed by atoms with Crippen molar-refractivity contribution in [1.82, 2.24) is 14.8 Å². The second-order valence-corrected chi connectivity index (χ2v) is 8.30. The first-order valence-electron chi connectivity index (χ1n) is 11.4. The molecule has 0 radical (unpaired) electrons. The lowest BCUT2D eigenvalue weighted by molar-refractivity contribution is 0.0599. The van der Waals surface area contributed by atoms with E-state index in [1.54, 1.807) is 0 Å². The maximum atomic E-state index is 13.4. The molecule has 1 saturated heterocycles. The summed E-state index contributed by atoms with van der Waals surface area (Å²) in [6.45, 7) is 8.28. The third kappa shape index (κ3) is 5.76. The Hall–Kier alpha value is -2.60. The molecule has 1 aliphatic heterocycles. The molecule has 1 fully saturated rings. The third-order valence-corrected chi connectivity index (χ3v) is 6.05. The second-order valence-electron chi connectivity index (χ2n) is 8.30. The number of esters is 1. The van der Waals surface area contributed by atoms with Gasteiger partial charge in [0.1, 0.15) is 5.69 Å². The van der Waals surface area contributed by atoms with Crippen molar-refractivity contribution in [3.8, 4) is 0 Å². The van der Waals surface area contributed by atoms with E-state index in [4.69, 9.17) is 4.74 Å². The number of hydrogen-bond donors (Lipinski definition) is 1. The molecule has 1 aliphatic rings. The highest BCUT2D eigenvalue weighted by atomic mass is 16.5. The predicted molar refractivity (Wildman–Crippen MR) is 123 cm³/mol. The van der Waals surface area contributed by atoms with Crippen LogP contribution in [0.15, 0.2) is 30.3 Å². The van der Waals surface area contributed by atoms with Crippen molar-refractivity contribution in [3.63, 3.8) is 0 Å². The predicted octanol–water partition coefficient (Wildman–Crippen LogP) is 3.84. The smallest absolute Gasteiger partial charge is 0.339 e. The van der Waals surface area contributed by atoms with Crippen LogP contribution in [0.4, 0.5) is 0 Å². The quantitative estimate of drug-likeness (QED) is 0.653. The van der Waals surface area contributed by atoms with Gasteiger partial charge in [0.25, 0.3) is 5.91 Å². The zero-order valence-electron chi connectivity index (χ0n) is 19.1. The lowest BCUT2D eigenvalue weighted by Gasteiger charge is -2.22. The van der Waals surface area contributed by atoms with E-state index in [0.717, 1.165) is 57.4 Å². The van der Waals surface area contributed by atoms with Crippen LogP contribution in [0.5, 0.6) is 0 Å². The molecule has 0 spiro atoms. The molecule has 2 aromatic rings. The molecule has 6 nitrogen and oxygen atoms in total. The number of aromatic nitrogens is 1. The van der Waals surface area contributed by atoms with Crippen molar-refractivity contribution in [2.24, 2.45) is 0 Å². The number of nitrogens with one attached hydrogen (secondary N) is 1. The summed E-state index contributed by atoms with van der Waals surface area (Å²) in [5.74, 6) is -0.385. The lowest BCUT2D eigenvalue weighted by Crippen LogP contribution is -2.36. The standard InChI is InChI=1S/C25H35N3O3/c1-4-10-21-22(25(30)31-3)19(2)26-23(21)24(29)28-16-9-15-27(17-18-28)14-8-13-20-11-6-5-7-12-20/h5-7,11-12,26H,4,8-10,13-18H2,1-3H3. The van der Waals surface area contributed by atoms with Gasteiger partial charge in [-0.3, -0.25) is 4.79 Å². The Morgan fingerprint density at radius 2 is 1.84 bits per heavy atom. The molecule has 0 unspecified atom stereocenters. The zero-order valence-corrected chi connectivity index (χ0v) is 19.1. The molecule has 1 amide bonds. The minimum absolute atomic E-state index is 0.00663. The van der Waals surface area contributed by atoms with Gasteiger partial charge in [0.05, 0.1) is 12.7 Å². The number of amides is 1. The molecule has 0 atom stereocenters. The molecule has 168 valence electrons. The van der Waals surface area contributed by atoms with E-state index in [0.29, 0.717) is 29.9 Å². The Balaban J connectivity index is 1.62. The SMILES string of the molecule is CCCc1c(C(=O)N2CCCN(CCCc3ccccc3)CC2)[nH]c(C)c1C(=O)OC. The topological polar surface area (TPSA) is 65.6 Å². The summed E-state index contributed by atoms with van der Waals surface area (Å²) < 4.78 is 4.96. The van der Waals surface area contributed by atoms with Crippen LogP contribution in [0.3, 0.4) is 0 Å². The Morgan fingerprint density at radius 3 is 2.55 bits per heavy atom. The lowest BCUT2D eigenvalue weighted by atomic mass is 10.0. The average Bonchev–Trinajstić information content (AvgIpc) is 2.95. The summed E-state index contributed by atoms with van der Waals surface area (Å²) in [7, 11) is 1.38. The molecule has 6 heteroatoms. The van der Waals surface area contributed by atoms with E-state index >= 15 is 0 Å². The number of ether oxygens (including phenoxy) is 1. The van der Waals surface area contributed by atoms with Crippen molar-refractivity contribution in [2.45, 2.75) is 46.0 Å². The van der Waals surface area contributed by atoms with Crippen LogP contribution in [0.2, 0.25) is 0 Å². The maximum Gasteiger partial charge on any atom is 0.339 e. The van der Waals surface area contributed by atoms with E-state index in [1.165, 1.54) is 12.7 Å². The van der Waals surface area contributed by atoms with Gasteiger partial charge in [-0.05, 0) is 56.8 Å². The monoisotopic (exact) mass is 425 g/mol. The number of benzene rings is 1. The van der Waals surface area contributed by atoms with E-state index in [2.05, 4.69) is 47.1 Å². The summed E-state index contributed by atoms with van der Waals surface area (Å²) in [4.78, 5) is 33.2. The number of H-pyrrole nitrogens is 1. The van der Waals surface area contributed by atoms with Crippen molar-refractivity contribution in [2.75, 3.05) is 39.8 Å². The summed E-state index contributed by atoms with van der Waals surface area (Å²) in [6.07, 6.45) is 4.70. The number of rotatable bonds is 8. The van der Waals surface area contributed by atoms with E-state index in [-0.39, 0.29) is 11.9 Å². The Labute approximate surface area is 185 Å². The number of carbonyl (C=O) groups excluding carboxylic acids is 2.